The number of carbonyl (C=O) groups excluding carboxylic acids is 1. The maximum absolute atomic E-state index is 13.0. The molecule has 1 fully saturated rings. The number of hydrogen-bond donors (Lipinski definition) is 1. The van der Waals surface area contributed by atoms with Crippen molar-refractivity contribution in [3.63, 3.8) is 0 Å². The molecule has 2 heterocycles. The number of carbonyl (C=O) groups is 1. The first kappa shape index (κ1) is 21.5. The molecular formula is C21H18Cl4N4O. The van der Waals surface area contributed by atoms with E-state index in [1.54, 1.807) is 47.0 Å². The molecule has 0 aliphatic carbocycles. The molecule has 30 heavy (non-hydrogen) atoms. The molecule has 0 radical (unpaired) electrons. The Labute approximate surface area is 194 Å². The van der Waals surface area contributed by atoms with E-state index in [0.29, 0.717) is 32.1 Å². The number of aromatic nitrogens is 2. The third-order valence-corrected chi connectivity index (χ3v) is 6.06. The summed E-state index contributed by atoms with van der Waals surface area (Å²) in [6.45, 7) is 1.61. The molecule has 3 aromatic rings. The Morgan fingerprint density at radius 1 is 0.900 bits per heavy atom. The number of nitrogens with one attached hydrogen (secondary N) is 1. The first-order chi connectivity index (χ1) is 14.4. The fourth-order valence-electron chi connectivity index (χ4n) is 3.42. The van der Waals surface area contributed by atoms with Crippen LogP contribution in [0.1, 0.15) is 29.8 Å². The van der Waals surface area contributed by atoms with Crippen LogP contribution >= 0.6 is 46.4 Å². The molecule has 1 saturated heterocycles. The van der Waals surface area contributed by atoms with Gasteiger partial charge >= 0.3 is 0 Å². The van der Waals surface area contributed by atoms with E-state index >= 15 is 0 Å². The summed E-state index contributed by atoms with van der Waals surface area (Å²) in [4.78, 5) is 17.5. The monoisotopic (exact) mass is 482 g/mol. The van der Waals surface area contributed by atoms with Gasteiger partial charge in [-0.05, 0) is 55.3 Å². The molecule has 2 aromatic carbocycles. The van der Waals surface area contributed by atoms with Crippen LogP contribution in [0.3, 0.4) is 0 Å². The minimum atomic E-state index is -0.360. The Morgan fingerprint density at radius 3 is 2.23 bits per heavy atom. The number of hydrazine groups is 1. The van der Waals surface area contributed by atoms with Crippen molar-refractivity contribution in [3.05, 3.63) is 68.4 Å². The first-order valence-electron chi connectivity index (χ1n) is 9.49. The van der Waals surface area contributed by atoms with Crippen molar-refractivity contribution >= 4 is 52.3 Å². The Hall–Kier alpha value is -1.76. The topological polar surface area (TPSA) is 50.2 Å². The van der Waals surface area contributed by atoms with Gasteiger partial charge in [-0.15, -0.1) is 0 Å². The summed E-state index contributed by atoms with van der Waals surface area (Å²) in [6.07, 6.45) is 3.25. The summed E-state index contributed by atoms with van der Waals surface area (Å²) in [7, 11) is 0. The van der Waals surface area contributed by atoms with Crippen molar-refractivity contribution in [2.45, 2.75) is 19.3 Å². The van der Waals surface area contributed by atoms with Gasteiger partial charge < -0.3 is 0 Å². The lowest BCUT2D eigenvalue weighted by Crippen LogP contribution is -2.45. The Balaban J connectivity index is 1.80. The molecule has 5 nitrogen and oxygen atoms in total. The predicted octanol–water partition coefficient (Wildman–Crippen LogP) is 6.28. The van der Waals surface area contributed by atoms with E-state index in [0.717, 1.165) is 32.4 Å². The van der Waals surface area contributed by atoms with Gasteiger partial charge in [-0.1, -0.05) is 52.8 Å². The van der Waals surface area contributed by atoms with Gasteiger partial charge in [-0.3, -0.25) is 14.8 Å². The molecule has 0 bridgehead atoms. The van der Waals surface area contributed by atoms with E-state index in [9.17, 15) is 4.79 Å². The normalized spacial score (nSPS) is 14.7. The van der Waals surface area contributed by atoms with Crippen molar-refractivity contribution in [2.24, 2.45) is 0 Å². The van der Waals surface area contributed by atoms with Gasteiger partial charge in [0, 0.05) is 34.4 Å². The maximum atomic E-state index is 13.0. The lowest BCUT2D eigenvalue weighted by atomic mass is 10.2. The highest BCUT2D eigenvalue weighted by molar-refractivity contribution is 6.36. The van der Waals surface area contributed by atoms with E-state index in [-0.39, 0.29) is 16.8 Å². The average molecular weight is 484 g/mol. The minimum absolute atomic E-state index is 0.123. The summed E-state index contributed by atoms with van der Waals surface area (Å²) < 4.78 is 1.68. The van der Waals surface area contributed by atoms with E-state index in [4.69, 9.17) is 46.4 Å². The molecule has 1 aromatic heterocycles. The molecule has 0 spiro atoms. The summed E-state index contributed by atoms with van der Waals surface area (Å²) in [5.74, 6) is 0.0775. The third kappa shape index (κ3) is 4.46. The lowest BCUT2D eigenvalue weighted by molar-refractivity contribution is 0.0745. The molecule has 0 saturated carbocycles. The van der Waals surface area contributed by atoms with Gasteiger partial charge in [0.2, 0.25) is 0 Å². The van der Waals surface area contributed by atoms with Crippen molar-refractivity contribution in [3.8, 4) is 17.1 Å². The summed E-state index contributed by atoms with van der Waals surface area (Å²) in [5, 5.41) is 3.58. The van der Waals surface area contributed by atoms with E-state index in [2.05, 4.69) is 10.4 Å². The van der Waals surface area contributed by atoms with Crippen LogP contribution in [0.4, 0.5) is 0 Å². The number of nitrogens with zero attached hydrogens (tertiary/aromatic N) is 3. The second-order valence-electron chi connectivity index (χ2n) is 7.00. The molecule has 4 rings (SSSR count). The van der Waals surface area contributed by atoms with Gasteiger partial charge in [0.1, 0.15) is 11.0 Å². The predicted molar refractivity (Wildman–Crippen MR) is 122 cm³/mol. The van der Waals surface area contributed by atoms with Gasteiger partial charge in [0.15, 0.2) is 5.69 Å². The fraction of sp³-hybridized carbons (Fsp3) is 0.238. The zero-order chi connectivity index (χ0) is 21.3. The maximum Gasteiger partial charge on any atom is 0.287 e. The third-order valence-electron chi connectivity index (χ3n) is 4.91. The van der Waals surface area contributed by atoms with Crippen LogP contribution in [-0.2, 0) is 0 Å². The summed E-state index contributed by atoms with van der Waals surface area (Å²) >= 11 is 25.2. The first-order valence-corrected chi connectivity index (χ1v) is 11.0. The van der Waals surface area contributed by atoms with Gasteiger partial charge in [-0.2, -0.15) is 0 Å². The Kier molecular flexibility index (Phi) is 6.56. The molecule has 156 valence electrons. The van der Waals surface area contributed by atoms with Crippen molar-refractivity contribution in [1.29, 1.82) is 0 Å². The molecule has 9 heteroatoms. The van der Waals surface area contributed by atoms with Crippen LogP contribution in [0.5, 0.6) is 0 Å². The molecule has 1 N–H and O–H groups in total. The quantitative estimate of drug-likeness (QED) is 0.474. The zero-order valence-electron chi connectivity index (χ0n) is 15.8. The highest BCUT2D eigenvalue weighted by Gasteiger charge is 2.26. The van der Waals surface area contributed by atoms with E-state index < -0.39 is 0 Å². The standard InChI is InChI=1S/C21H18Cl4N4O/c22-13-4-7-15(8-5-13)29-19(25)18(21(30)27-28-10-2-1-3-11-28)26-20(29)16-9-6-14(23)12-17(16)24/h4-9,12H,1-3,10-11H2,(H,27,30). The van der Waals surface area contributed by atoms with Crippen molar-refractivity contribution in [2.75, 3.05) is 13.1 Å². The second-order valence-corrected chi connectivity index (χ2v) is 8.64. The number of piperidine rings is 1. The van der Waals surface area contributed by atoms with Gasteiger partial charge in [0.05, 0.1) is 5.02 Å². The fourth-order valence-corrected chi connectivity index (χ4v) is 4.35. The summed E-state index contributed by atoms with van der Waals surface area (Å²) in [6, 6.07) is 12.2. The van der Waals surface area contributed by atoms with Crippen LogP contribution in [0, 0.1) is 0 Å². The van der Waals surface area contributed by atoms with Crippen molar-refractivity contribution < 1.29 is 4.79 Å². The smallest absolute Gasteiger partial charge is 0.283 e. The number of rotatable bonds is 4. The number of hydrogen-bond acceptors (Lipinski definition) is 3. The number of halogens is 4. The number of benzene rings is 2. The number of imidazole rings is 1. The minimum Gasteiger partial charge on any atom is -0.283 e. The van der Waals surface area contributed by atoms with Gasteiger partial charge in [-0.25, -0.2) is 9.99 Å². The lowest BCUT2D eigenvalue weighted by Gasteiger charge is -2.26. The van der Waals surface area contributed by atoms with Crippen LogP contribution in [0.25, 0.3) is 17.1 Å². The molecule has 1 aliphatic rings. The highest BCUT2D eigenvalue weighted by Crippen LogP contribution is 2.35. The molecule has 0 atom stereocenters. The van der Waals surface area contributed by atoms with Gasteiger partial charge in [0.25, 0.3) is 5.91 Å². The molecule has 0 unspecified atom stereocenters. The van der Waals surface area contributed by atoms with Crippen LogP contribution in [-0.4, -0.2) is 33.6 Å². The Bertz CT molecular complexity index is 1080. The average Bonchev–Trinajstić information content (AvgIpc) is 3.06. The largest absolute Gasteiger partial charge is 0.287 e. The SMILES string of the molecule is O=C(NN1CCCCC1)c1nc(-c2ccc(Cl)cc2Cl)n(-c2ccc(Cl)cc2)c1Cl. The molecule has 1 amide bonds. The van der Waals surface area contributed by atoms with E-state index in [1.165, 1.54) is 0 Å². The van der Waals surface area contributed by atoms with Crippen LogP contribution < -0.4 is 5.43 Å². The Morgan fingerprint density at radius 2 is 1.57 bits per heavy atom. The zero-order valence-corrected chi connectivity index (χ0v) is 18.9. The summed E-state index contributed by atoms with van der Waals surface area (Å²) in [5.41, 5.74) is 4.34. The highest BCUT2D eigenvalue weighted by atomic mass is 35.5. The van der Waals surface area contributed by atoms with Crippen LogP contribution in [0.2, 0.25) is 20.2 Å². The van der Waals surface area contributed by atoms with Crippen LogP contribution in [0.15, 0.2) is 42.5 Å². The molecular weight excluding hydrogens is 466 g/mol. The van der Waals surface area contributed by atoms with E-state index in [1.807, 2.05) is 5.01 Å². The number of amides is 1. The van der Waals surface area contributed by atoms with Crippen molar-refractivity contribution in [1.82, 2.24) is 20.0 Å². The second kappa shape index (κ2) is 9.16. The molecule has 1 aliphatic heterocycles.